The molecule has 4 heteroatoms. The number of rotatable bonds is 1. The van der Waals surface area contributed by atoms with E-state index in [4.69, 9.17) is 5.53 Å². The van der Waals surface area contributed by atoms with Gasteiger partial charge < -0.3 is 4.42 Å². The van der Waals surface area contributed by atoms with Crippen molar-refractivity contribution in [3.8, 4) is 0 Å². The molecule has 1 aromatic heterocycles. The van der Waals surface area contributed by atoms with E-state index in [0.29, 0.717) is 5.69 Å². The molecular formula is C5H4N2O2. The minimum absolute atomic E-state index is 0.342. The van der Waals surface area contributed by atoms with Crippen LogP contribution in [0, 0.1) is 5.53 Å². The zero-order chi connectivity index (χ0) is 6.69. The average Bonchev–Trinajstić information content (AvgIpc) is 1.90. The summed E-state index contributed by atoms with van der Waals surface area (Å²) in [5.41, 5.74) is 6.39. The van der Waals surface area contributed by atoms with Crippen molar-refractivity contribution in [3.63, 3.8) is 0 Å². The lowest BCUT2D eigenvalue weighted by Gasteiger charge is -1.82. The molecule has 0 aliphatic heterocycles. The molecule has 0 saturated carbocycles. The van der Waals surface area contributed by atoms with Crippen LogP contribution in [-0.2, 0) is 0 Å². The zero-order valence-electron chi connectivity index (χ0n) is 4.50. The van der Waals surface area contributed by atoms with E-state index in [-0.39, 0.29) is 0 Å². The molecule has 0 aliphatic carbocycles. The fourth-order valence-corrected chi connectivity index (χ4v) is 0.414. The Morgan fingerprint density at radius 2 is 2.33 bits per heavy atom. The standard InChI is InChI=1S/C5H4N2O2/c6-7-4-1-2-5(8)9-3-4/h1-3,6H. The number of hydrogen-bond acceptors (Lipinski definition) is 4. The van der Waals surface area contributed by atoms with Crippen LogP contribution in [0.5, 0.6) is 0 Å². The fraction of sp³-hybridized carbons (Fsp3) is 0. The van der Waals surface area contributed by atoms with Gasteiger partial charge in [0, 0.05) is 6.07 Å². The monoisotopic (exact) mass is 124 g/mol. The molecule has 0 atom stereocenters. The summed E-state index contributed by atoms with van der Waals surface area (Å²) < 4.78 is 4.38. The third-order valence-corrected chi connectivity index (χ3v) is 0.815. The molecule has 9 heavy (non-hydrogen) atoms. The maximum Gasteiger partial charge on any atom is 0.335 e. The van der Waals surface area contributed by atoms with Crippen molar-refractivity contribution in [1.29, 1.82) is 5.53 Å². The van der Waals surface area contributed by atoms with Gasteiger partial charge in [0.05, 0.1) is 0 Å². The van der Waals surface area contributed by atoms with Gasteiger partial charge >= 0.3 is 5.63 Å². The van der Waals surface area contributed by atoms with Crippen molar-refractivity contribution in [1.82, 2.24) is 0 Å². The smallest absolute Gasteiger partial charge is 0.335 e. The molecule has 0 spiro atoms. The van der Waals surface area contributed by atoms with Crippen LogP contribution in [0.2, 0.25) is 0 Å². The first-order valence-corrected chi connectivity index (χ1v) is 2.29. The van der Waals surface area contributed by atoms with Gasteiger partial charge in [-0.05, 0) is 6.07 Å². The second kappa shape index (κ2) is 2.21. The lowest BCUT2D eigenvalue weighted by molar-refractivity contribution is 0.511. The van der Waals surface area contributed by atoms with Crippen LogP contribution < -0.4 is 5.63 Å². The van der Waals surface area contributed by atoms with Crippen molar-refractivity contribution in [3.05, 3.63) is 28.8 Å². The first-order chi connectivity index (χ1) is 4.33. The highest BCUT2D eigenvalue weighted by atomic mass is 16.4. The highest BCUT2D eigenvalue weighted by Crippen LogP contribution is 2.04. The van der Waals surface area contributed by atoms with E-state index >= 15 is 0 Å². The largest absolute Gasteiger partial charge is 0.429 e. The molecule has 0 amide bonds. The fourth-order valence-electron chi connectivity index (χ4n) is 0.414. The van der Waals surface area contributed by atoms with Gasteiger partial charge in [-0.2, -0.15) is 5.11 Å². The van der Waals surface area contributed by atoms with E-state index in [2.05, 4.69) is 9.53 Å². The minimum atomic E-state index is -0.428. The Hall–Kier alpha value is -1.45. The molecule has 4 nitrogen and oxygen atoms in total. The van der Waals surface area contributed by atoms with E-state index in [1.165, 1.54) is 12.1 Å². The van der Waals surface area contributed by atoms with Crippen molar-refractivity contribution in [2.24, 2.45) is 5.11 Å². The summed E-state index contributed by atoms with van der Waals surface area (Å²) in [6, 6.07) is 2.63. The third kappa shape index (κ3) is 1.22. The zero-order valence-corrected chi connectivity index (χ0v) is 4.50. The summed E-state index contributed by atoms with van der Waals surface area (Å²) in [5, 5.41) is 3.03. The van der Waals surface area contributed by atoms with E-state index in [0.717, 1.165) is 6.26 Å². The average molecular weight is 124 g/mol. The van der Waals surface area contributed by atoms with Gasteiger partial charge in [-0.3, -0.25) is 0 Å². The van der Waals surface area contributed by atoms with Crippen molar-refractivity contribution in [2.75, 3.05) is 0 Å². The maximum absolute atomic E-state index is 10.3. The summed E-state index contributed by atoms with van der Waals surface area (Å²) in [6.45, 7) is 0. The molecule has 1 aromatic rings. The number of nitrogens with zero attached hydrogens (tertiary/aromatic N) is 1. The molecule has 0 fully saturated rings. The summed E-state index contributed by atoms with van der Waals surface area (Å²) in [4.78, 5) is 10.3. The van der Waals surface area contributed by atoms with Gasteiger partial charge in [-0.15, -0.1) is 0 Å². The van der Waals surface area contributed by atoms with Gasteiger partial charge in [-0.1, -0.05) is 0 Å². The molecule has 1 N–H and O–H groups in total. The number of nitrogens with one attached hydrogen (secondary N) is 1. The van der Waals surface area contributed by atoms with Gasteiger partial charge in [0.2, 0.25) is 0 Å². The summed E-state index contributed by atoms with van der Waals surface area (Å²) in [6.07, 6.45) is 1.13. The van der Waals surface area contributed by atoms with Crippen molar-refractivity contribution in [2.45, 2.75) is 0 Å². The van der Waals surface area contributed by atoms with Crippen LogP contribution in [0.4, 0.5) is 5.69 Å². The van der Waals surface area contributed by atoms with E-state index in [1.807, 2.05) is 0 Å². The molecule has 0 bridgehead atoms. The Balaban J connectivity index is 3.16. The first-order valence-electron chi connectivity index (χ1n) is 2.29. The van der Waals surface area contributed by atoms with Crippen LogP contribution >= 0.6 is 0 Å². The minimum Gasteiger partial charge on any atom is -0.429 e. The predicted molar refractivity (Wildman–Crippen MR) is 29.8 cm³/mol. The molecule has 0 aromatic carbocycles. The Morgan fingerprint density at radius 3 is 2.78 bits per heavy atom. The number of hydrogen-bond donors (Lipinski definition) is 1. The molecule has 0 saturated heterocycles. The normalized spacial score (nSPS) is 8.89. The molecule has 1 heterocycles. The maximum atomic E-state index is 10.3. The van der Waals surface area contributed by atoms with Gasteiger partial charge in [0.15, 0.2) is 0 Å². The van der Waals surface area contributed by atoms with Crippen molar-refractivity contribution >= 4 is 5.69 Å². The highest BCUT2D eigenvalue weighted by Gasteiger charge is 1.86. The Bertz CT molecular complexity index is 245. The van der Waals surface area contributed by atoms with E-state index < -0.39 is 5.63 Å². The van der Waals surface area contributed by atoms with Gasteiger partial charge in [-0.25, -0.2) is 10.3 Å². The predicted octanol–water partition coefficient (Wildman–Crippen LogP) is 1.30. The first kappa shape index (κ1) is 5.68. The molecule has 1 rings (SSSR count). The topological polar surface area (TPSA) is 66.4 Å². The lowest BCUT2D eigenvalue weighted by Crippen LogP contribution is -1.91. The molecular weight excluding hydrogens is 120 g/mol. The van der Waals surface area contributed by atoms with E-state index in [1.54, 1.807) is 0 Å². The highest BCUT2D eigenvalue weighted by molar-refractivity contribution is 5.28. The molecule has 0 radical (unpaired) electrons. The molecule has 0 aliphatic rings. The lowest BCUT2D eigenvalue weighted by atomic mass is 10.5. The Morgan fingerprint density at radius 1 is 1.56 bits per heavy atom. The van der Waals surface area contributed by atoms with E-state index in [9.17, 15) is 4.79 Å². The molecule has 0 unspecified atom stereocenters. The molecule has 46 valence electrons. The summed E-state index contributed by atoms with van der Waals surface area (Å²) in [7, 11) is 0. The van der Waals surface area contributed by atoms with Crippen molar-refractivity contribution < 1.29 is 4.42 Å². The van der Waals surface area contributed by atoms with Gasteiger partial charge in [0.1, 0.15) is 12.0 Å². The second-order valence-corrected chi connectivity index (χ2v) is 1.42. The summed E-state index contributed by atoms with van der Waals surface area (Å²) >= 11 is 0. The summed E-state index contributed by atoms with van der Waals surface area (Å²) in [5.74, 6) is 0. The SMILES string of the molecule is N=Nc1ccc(=O)oc1. The quantitative estimate of drug-likeness (QED) is 0.573. The van der Waals surface area contributed by atoms with Crippen LogP contribution in [-0.4, -0.2) is 0 Å². The van der Waals surface area contributed by atoms with Crippen LogP contribution in [0.1, 0.15) is 0 Å². The second-order valence-electron chi connectivity index (χ2n) is 1.42. The van der Waals surface area contributed by atoms with Crippen LogP contribution in [0.3, 0.4) is 0 Å². The van der Waals surface area contributed by atoms with Crippen LogP contribution in [0.15, 0.2) is 32.7 Å². The third-order valence-electron chi connectivity index (χ3n) is 0.815. The Kier molecular flexibility index (Phi) is 1.40. The Labute approximate surface area is 50.6 Å². The van der Waals surface area contributed by atoms with Gasteiger partial charge in [0.25, 0.3) is 0 Å². The van der Waals surface area contributed by atoms with Crippen LogP contribution in [0.25, 0.3) is 0 Å².